The van der Waals surface area contributed by atoms with E-state index in [9.17, 15) is 4.79 Å². The minimum Gasteiger partial charge on any atom is -0.297 e. The molecule has 1 aromatic carbocycles. The molecule has 120 valence electrons. The first-order valence-electron chi connectivity index (χ1n) is 7.59. The third kappa shape index (κ3) is 2.41. The van der Waals surface area contributed by atoms with Crippen LogP contribution in [0.25, 0.3) is 31.6 Å². The lowest BCUT2D eigenvalue weighted by Gasteiger charge is -2.06. The van der Waals surface area contributed by atoms with Crippen LogP contribution in [0, 0.1) is 6.92 Å². The predicted octanol–water partition coefficient (Wildman–Crippen LogP) is 4.22. The average Bonchev–Trinajstić information content (AvgIpc) is 2.96. The molecule has 0 amide bonds. The van der Waals surface area contributed by atoms with Crippen LogP contribution in [-0.2, 0) is 6.54 Å². The van der Waals surface area contributed by atoms with Gasteiger partial charge in [-0.2, -0.15) is 0 Å². The summed E-state index contributed by atoms with van der Waals surface area (Å²) in [5, 5.41) is 0.946. The summed E-state index contributed by atoms with van der Waals surface area (Å²) < 4.78 is 2.19. The predicted molar refractivity (Wildman–Crippen MR) is 100 cm³/mol. The highest BCUT2D eigenvalue weighted by Crippen LogP contribution is 2.37. The smallest absolute Gasteiger partial charge is 0.271 e. The summed E-state index contributed by atoms with van der Waals surface area (Å²) >= 11 is 7.17. The van der Waals surface area contributed by atoms with Gasteiger partial charge in [0.15, 0.2) is 0 Å². The molecule has 4 rings (SSSR count). The highest BCUT2D eigenvalue weighted by atomic mass is 35.5. The van der Waals surface area contributed by atoms with E-state index in [1.165, 1.54) is 11.3 Å². The lowest BCUT2D eigenvalue weighted by atomic mass is 10.0. The molecule has 0 bridgehead atoms. The molecule has 6 heteroatoms. The molecule has 0 radical (unpaired) electrons. The van der Waals surface area contributed by atoms with Crippen LogP contribution in [0.15, 0.2) is 47.5 Å². The molecule has 0 aliphatic carbocycles. The summed E-state index contributed by atoms with van der Waals surface area (Å²) in [6.07, 6.45) is 1.58. The van der Waals surface area contributed by atoms with Crippen LogP contribution in [0.5, 0.6) is 0 Å². The fourth-order valence-electron chi connectivity index (χ4n) is 2.88. The van der Waals surface area contributed by atoms with Gasteiger partial charge >= 0.3 is 0 Å². The van der Waals surface area contributed by atoms with Crippen molar-refractivity contribution in [3.8, 4) is 11.1 Å². The molecule has 0 N–H and O–H groups in total. The van der Waals surface area contributed by atoms with Gasteiger partial charge in [0.05, 0.1) is 11.8 Å². The molecule has 0 fully saturated rings. The van der Waals surface area contributed by atoms with Crippen LogP contribution in [0.2, 0.25) is 0 Å². The second-order valence-corrected chi connectivity index (χ2v) is 6.95. The van der Waals surface area contributed by atoms with Gasteiger partial charge in [-0.25, -0.2) is 9.97 Å². The van der Waals surface area contributed by atoms with E-state index in [4.69, 9.17) is 11.6 Å². The summed E-state index contributed by atoms with van der Waals surface area (Å²) in [6, 6.07) is 12.2. The zero-order chi connectivity index (χ0) is 16.7. The minimum absolute atomic E-state index is 0.0553. The Hall–Kier alpha value is -2.24. The summed E-state index contributed by atoms with van der Waals surface area (Å²) in [5.41, 5.74) is 3.75. The number of aromatic nitrogens is 3. The molecule has 3 aromatic heterocycles. The fraction of sp³-hybridized carbons (Fsp3) is 0.167. The van der Waals surface area contributed by atoms with E-state index < -0.39 is 0 Å². The van der Waals surface area contributed by atoms with E-state index in [-0.39, 0.29) is 5.56 Å². The molecule has 0 aliphatic rings. The van der Waals surface area contributed by atoms with Gasteiger partial charge in [-0.05, 0) is 24.1 Å². The highest BCUT2D eigenvalue weighted by Gasteiger charge is 2.17. The SMILES string of the molecule is Cc1cc(-c2ccccc2)c2c(n1)sc1c(=O)n(CCCl)cnc12. The van der Waals surface area contributed by atoms with Gasteiger partial charge in [-0.3, -0.25) is 9.36 Å². The van der Waals surface area contributed by atoms with Crippen molar-refractivity contribution in [1.82, 2.24) is 14.5 Å². The molecule has 3 heterocycles. The Morgan fingerprint density at radius 1 is 1.25 bits per heavy atom. The number of pyridine rings is 1. The zero-order valence-corrected chi connectivity index (χ0v) is 14.6. The summed E-state index contributed by atoms with van der Waals surface area (Å²) in [5.74, 6) is 0.380. The molecule has 0 spiro atoms. The summed E-state index contributed by atoms with van der Waals surface area (Å²) in [6.45, 7) is 2.42. The van der Waals surface area contributed by atoms with Gasteiger partial charge in [0, 0.05) is 23.5 Å². The van der Waals surface area contributed by atoms with Crippen LogP contribution in [0.3, 0.4) is 0 Å². The molecule has 0 aliphatic heterocycles. The van der Waals surface area contributed by atoms with Gasteiger partial charge in [0.1, 0.15) is 9.53 Å². The maximum atomic E-state index is 12.7. The largest absolute Gasteiger partial charge is 0.297 e. The van der Waals surface area contributed by atoms with Crippen molar-refractivity contribution >= 4 is 43.4 Å². The third-order valence-corrected chi connectivity index (χ3v) is 5.19. The number of aryl methyl sites for hydroxylation is 2. The van der Waals surface area contributed by atoms with Gasteiger partial charge in [0.2, 0.25) is 0 Å². The number of thiophene rings is 1. The molecular weight excluding hydrogens is 342 g/mol. The lowest BCUT2D eigenvalue weighted by Crippen LogP contribution is -2.20. The van der Waals surface area contributed by atoms with Crippen LogP contribution in [-0.4, -0.2) is 20.4 Å². The monoisotopic (exact) mass is 355 g/mol. The van der Waals surface area contributed by atoms with E-state index in [1.54, 1.807) is 10.9 Å². The quantitative estimate of drug-likeness (QED) is 0.517. The van der Waals surface area contributed by atoms with Crippen LogP contribution in [0.4, 0.5) is 0 Å². The molecular formula is C18H14ClN3OS. The van der Waals surface area contributed by atoms with Crippen molar-refractivity contribution in [3.63, 3.8) is 0 Å². The van der Waals surface area contributed by atoms with Crippen LogP contribution in [0.1, 0.15) is 5.69 Å². The van der Waals surface area contributed by atoms with E-state index in [1.807, 2.05) is 25.1 Å². The Bertz CT molecular complexity index is 1100. The van der Waals surface area contributed by atoms with E-state index in [2.05, 4.69) is 28.2 Å². The first-order chi connectivity index (χ1) is 11.7. The normalized spacial score (nSPS) is 11.4. The lowest BCUT2D eigenvalue weighted by molar-refractivity contribution is 0.724. The number of fused-ring (bicyclic) bond motifs is 3. The highest BCUT2D eigenvalue weighted by molar-refractivity contribution is 7.25. The Balaban J connectivity index is 2.11. The zero-order valence-electron chi connectivity index (χ0n) is 13.0. The maximum absolute atomic E-state index is 12.7. The van der Waals surface area contributed by atoms with Gasteiger partial charge in [0.25, 0.3) is 5.56 Å². The second-order valence-electron chi connectivity index (χ2n) is 5.57. The van der Waals surface area contributed by atoms with Crippen molar-refractivity contribution in [2.75, 3.05) is 5.88 Å². The molecule has 0 saturated heterocycles. The number of hydrogen-bond acceptors (Lipinski definition) is 4. The minimum atomic E-state index is -0.0553. The maximum Gasteiger partial charge on any atom is 0.271 e. The van der Waals surface area contributed by atoms with Crippen molar-refractivity contribution in [1.29, 1.82) is 0 Å². The standard InChI is InChI=1S/C18H14ClN3OS/c1-11-9-13(12-5-3-2-4-6-12)14-15-16(24-17(14)21-11)18(23)22(8-7-19)10-20-15/h2-6,9-10H,7-8H2,1H3. The third-order valence-electron chi connectivity index (χ3n) is 3.96. The summed E-state index contributed by atoms with van der Waals surface area (Å²) in [7, 11) is 0. The molecule has 4 nitrogen and oxygen atoms in total. The van der Waals surface area contributed by atoms with Crippen molar-refractivity contribution in [2.24, 2.45) is 0 Å². The van der Waals surface area contributed by atoms with Crippen molar-refractivity contribution < 1.29 is 0 Å². The molecule has 0 unspecified atom stereocenters. The summed E-state index contributed by atoms with van der Waals surface area (Å²) in [4.78, 5) is 22.7. The topological polar surface area (TPSA) is 47.8 Å². The Morgan fingerprint density at radius 3 is 2.79 bits per heavy atom. The molecule has 0 atom stereocenters. The molecule has 0 saturated carbocycles. The number of rotatable bonds is 3. The number of benzene rings is 1. The van der Waals surface area contributed by atoms with Crippen LogP contribution < -0.4 is 5.56 Å². The van der Waals surface area contributed by atoms with Gasteiger partial charge in [-0.1, -0.05) is 30.3 Å². The Labute approximate surface area is 147 Å². The Kier molecular flexibility index (Phi) is 3.82. The van der Waals surface area contributed by atoms with Gasteiger partial charge < -0.3 is 0 Å². The second kappa shape index (κ2) is 6.00. The average molecular weight is 356 g/mol. The van der Waals surface area contributed by atoms with Crippen molar-refractivity contribution in [2.45, 2.75) is 13.5 Å². The molecule has 24 heavy (non-hydrogen) atoms. The number of alkyl halides is 1. The van der Waals surface area contributed by atoms with Crippen molar-refractivity contribution in [3.05, 3.63) is 58.8 Å². The van der Waals surface area contributed by atoms with Gasteiger partial charge in [-0.15, -0.1) is 22.9 Å². The van der Waals surface area contributed by atoms with E-state index >= 15 is 0 Å². The van der Waals surface area contributed by atoms with Crippen LogP contribution >= 0.6 is 22.9 Å². The molecule has 4 aromatic rings. The van der Waals surface area contributed by atoms with E-state index in [0.29, 0.717) is 17.1 Å². The Morgan fingerprint density at radius 2 is 2.04 bits per heavy atom. The first-order valence-corrected chi connectivity index (χ1v) is 8.95. The first kappa shape index (κ1) is 15.3. The fourth-order valence-corrected chi connectivity index (χ4v) is 4.21. The van der Waals surface area contributed by atoms with E-state index in [0.717, 1.165) is 32.6 Å². The number of hydrogen-bond donors (Lipinski definition) is 0. The number of halogens is 1. The number of nitrogens with zero attached hydrogens (tertiary/aromatic N) is 3.